The number of fused-ring (bicyclic) bond motifs is 2. The van der Waals surface area contributed by atoms with E-state index in [9.17, 15) is 17.8 Å². The van der Waals surface area contributed by atoms with Gasteiger partial charge in [-0.2, -0.15) is 4.58 Å². The number of nitrogens with zero attached hydrogens (tertiary/aromatic N) is 2. The summed E-state index contributed by atoms with van der Waals surface area (Å²) in [7, 11) is -4.58. The van der Waals surface area contributed by atoms with E-state index >= 15 is 0 Å². The molecule has 0 aromatic heterocycles. The van der Waals surface area contributed by atoms with Crippen LogP contribution in [-0.2, 0) is 25.7 Å². The molecule has 9 heteroatoms. The maximum absolute atomic E-state index is 11.8. The Kier molecular flexibility index (Phi) is 12.5. The Morgan fingerprint density at radius 3 is 2.41 bits per heavy atom. The molecule has 7 nitrogen and oxygen atoms in total. The van der Waals surface area contributed by atoms with Gasteiger partial charge in [0.15, 0.2) is 5.71 Å². The van der Waals surface area contributed by atoms with Crippen molar-refractivity contribution in [1.29, 1.82) is 0 Å². The molecule has 46 heavy (non-hydrogen) atoms. The van der Waals surface area contributed by atoms with Crippen molar-refractivity contribution in [3.05, 3.63) is 89.2 Å². The van der Waals surface area contributed by atoms with Gasteiger partial charge in [-0.3, -0.25) is 4.79 Å². The summed E-state index contributed by atoms with van der Waals surface area (Å²) >= 11 is 0. The van der Waals surface area contributed by atoms with Gasteiger partial charge in [0.2, 0.25) is 5.69 Å². The summed E-state index contributed by atoms with van der Waals surface area (Å²) in [5, 5.41) is 9.09. The quantitative estimate of drug-likeness (QED) is 0.0874. The molecule has 0 unspecified atom stereocenters. The van der Waals surface area contributed by atoms with Crippen molar-refractivity contribution in [1.82, 2.24) is 0 Å². The predicted octanol–water partition coefficient (Wildman–Crippen LogP) is 4.13. The molecule has 2 aromatic carbocycles. The normalized spacial score (nSPS) is 17.4. The van der Waals surface area contributed by atoms with E-state index in [2.05, 4.69) is 66.5 Å². The van der Waals surface area contributed by atoms with E-state index in [-0.39, 0.29) is 46.3 Å². The van der Waals surface area contributed by atoms with Crippen LogP contribution >= 0.6 is 0 Å². The number of carbonyl (C=O) groups is 1. The van der Waals surface area contributed by atoms with Crippen LogP contribution in [0.4, 0.5) is 11.4 Å². The monoisotopic (exact) mass is 651 g/mol. The van der Waals surface area contributed by atoms with Gasteiger partial charge in [0.05, 0.1) is 10.3 Å². The van der Waals surface area contributed by atoms with Crippen molar-refractivity contribution in [2.75, 3.05) is 18.0 Å². The SMILES string of the molecule is C#CCCCC[N+]1=C(C=CC=CC=C2N(CCCCC(=O)O)c3ccc(C)cc3C2(C)C)C(C)(C)c2cc(S(=O)(=O)[O-])ccc21.[Na+]. The van der Waals surface area contributed by atoms with Gasteiger partial charge in [-0.05, 0) is 69.9 Å². The van der Waals surface area contributed by atoms with Gasteiger partial charge in [-0.1, -0.05) is 49.8 Å². The number of allylic oxidation sites excluding steroid dienone is 6. The van der Waals surface area contributed by atoms with Crippen molar-refractivity contribution in [2.24, 2.45) is 0 Å². The van der Waals surface area contributed by atoms with E-state index in [1.807, 2.05) is 32.1 Å². The summed E-state index contributed by atoms with van der Waals surface area (Å²) in [6, 6.07) is 11.2. The third-order valence-corrected chi connectivity index (χ3v) is 9.74. The second kappa shape index (κ2) is 15.3. The zero-order chi connectivity index (χ0) is 33.0. The van der Waals surface area contributed by atoms with Gasteiger partial charge in [-0.15, -0.1) is 12.3 Å². The first-order valence-electron chi connectivity index (χ1n) is 15.5. The Labute approximate surface area is 296 Å². The number of aryl methyl sites for hydroxylation is 1. The zero-order valence-corrected chi connectivity index (χ0v) is 30.8. The van der Waals surface area contributed by atoms with E-state index in [4.69, 9.17) is 11.5 Å². The van der Waals surface area contributed by atoms with E-state index < -0.39 is 21.5 Å². The van der Waals surface area contributed by atoms with Gasteiger partial charge in [0.25, 0.3) is 0 Å². The standard InChI is InChI=1S/C37H44N2O5S.Na/c1-7-8-9-14-23-38-32-22-20-28(45(42,43)44)26-30(32)37(5,6)34(38)17-12-10-11-16-33-36(3,4)29-25-27(2)19-21-31(29)39(33)24-15-13-18-35(40)41;/h1,10-12,16-17,19-22,25-26H,8-9,13-15,18,23-24H2,2-6H3,(H-,40,41,42,43,44);/q;+1. The first-order valence-corrected chi connectivity index (χ1v) is 16.9. The summed E-state index contributed by atoms with van der Waals surface area (Å²) < 4.78 is 37.6. The fourth-order valence-corrected chi connectivity index (χ4v) is 6.98. The molecule has 0 saturated carbocycles. The van der Waals surface area contributed by atoms with Gasteiger partial charge < -0.3 is 14.6 Å². The predicted molar refractivity (Wildman–Crippen MR) is 179 cm³/mol. The van der Waals surface area contributed by atoms with E-state index in [1.54, 1.807) is 6.07 Å². The average molecular weight is 652 g/mol. The minimum absolute atomic E-state index is 0. The number of terminal acetylenes is 1. The summed E-state index contributed by atoms with van der Waals surface area (Å²) in [5.74, 6) is 1.92. The smallest absolute Gasteiger partial charge is 0.744 e. The number of unbranched alkanes of at least 4 members (excludes halogenated alkanes) is 3. The Hall–Kier alpha value is -2.93. The van der Waals surface area contributed by atoms with Crippen molar-refractivity contribution < 1.29 is 57.0 Å². The van der Waals surface area contributed by atoms with Crippen LogP contribution in [0.1, 0.15) is 82.9 Å². The molecule has 0 amide bonds. The Balaban J connectivity index is 0.00000576. The first kappa shape index (κ1) is 37.5. The Morgan fingerprint density at radius 1 is 1.00 bits per heavy atom. The number of rotatable bonds is 13. The molecule has 2 aliphatic heterocycles. The second-order valence-corrected chi connectivity index (χ2v) is 14.3. The summed E-state index contributed by atoms with van der Waals surface area (Å²) in [4.78, 5) is 13.2. The fraction of sp³-hybridized carbons (Fsp3) is 0.405. The van der Waals surface area contributed by atoms with Crippen molar-refractivity contribution in [3.8, 4) is 12.3 Å². The van der Waals surface area contributed by atoms with Crippen LogP contribution in [0.25, 0.3) is 0 Å². The number of hydrogen-bond acceptors (Lipinski definition) is 5. The van der Waals surface area contributed by atoms with Crippen LogP contribution in [0.2, 0.25) is 0 Å². The molecule has 1 N–H and O–H groups in total. The molecule has 0 saturated heterocycles. The van der Waals surface area contributed by atoms with Crippen LogP contribution < -0.4 is 34.5 Å². The molecule has 0 bridgehead atoms. The molecule has 2 aromatic rings. The Morgan fingerprint density at radius 2 is 1.74 bits per heavy atom. The molecule has 0 spiro atoms. The summed E-state index contributed by atoms with van der Waals surface area (Å²) in [6.45, 7) is 12.1. The number of hydrogen-bond donors (Lipinski definition) is 1. The van der Waals surface area contributed by atoms with Gasteiger partial charge in [-0.25, -0.2) is 8.42 Å². The number of anilines is 1. The molecule has 0 aliphatic carbocycles. The van der Waals surface area contributed by atoms with Gasteiger partial charge in [0.1, 0.15) is 16.7 Å². The molecule has 0 radical (unpaired) electrons. The molecular weight excluding hydrogens is 607 g/mol. The molecule has 238 valence electrons. The third kappa shape index (κ3) is 8.13. The van der Waals surface area contributed by atoms with Crippen molar-refractivity contribution >= 4 is 33.2 Å². The Bertz CT molecular complexity index is 1740. The zero-order valence-electron chi connectivity index (χ0n) is 28.0. The van der Waals surface area contributed by atoms with Gasteiger partial charge >= 0.3 is 35.5 Å². The maximum atomic E-state index is 11.8. The van der Waals surface area contributed by atoms with Crippen LogP contribution in [-0.4, -0.2) is 47.4 Å². The molecule has 2 aliphatic rings. The second-order valence-electron chi connectivity index (χ2n) is 12.9. The first-order chi connectivity index (χ1) is 21.2. The van der Waals surface area contributed by atoms with Gasteiger partial charge in [0, 0.05) is 60.3 Å². The molecular formula is C37H44N2NaO5S+. The van der Waals surface area contributed by atoms with Crippen LogP contribution in [0.15, 0.2) is 77.4 Å². The van der Waals surface area contributed by atoms with Crippen LogP contribution in [0, 0.1) is 19.3 Å². The molecule has 4 rings (SSSR count). The number of carboxylic acid groups (broad SMARTS) is 1. The third-order valence-electron chi connectivity index (χ3n) is 8.90. The molecule has 2 heterocycles. The summed E-state index contributed by atoms with van der Waals surface area (Å²) in [6.07, 6.45) is 19.7. The molecule has 0 fully saturated rings. The van der Waals surface area contributed by atoms with E-state index in [0.29, 0.717) is 12.8 Å². The van der Waals surface area contributed by atoms with Crippen molar-refractivity contribution in [3.63, 3.8) is 0 Å². The topological polar surface area (TPSA) is 101 Å². The fourth-order valence-electron chi connectivity index (χ4n) is 6.48. The number of carboxylic acids is 1. The van der Waals surface area contributed by atoms with E-state index in [1.165, 1.54) is 23.3 Å². The van der Waals surface area contributed by atoms with Crippen LogP contribution in [0.3, 0.4) is 0 Å². The minimum atomic E-state index is -4.58. The maximum Gasteiger partial charge on any atom is 1.00 e. The molecule has 0 atom stereocenters. The number of benzene rings is 2. The minimum Gasteiger partial charge on any atom is -0.744 e. The summed E-state index contributed by atoms with van der Waals surface area (Å²) in [5.41, 5.74) is 6.76. The largest absolute Gasteiger partial charge is 1.00 e. The average Bonchev–Trinajstić information content (AvgIpc) is 3.30. The van der Waals surface area contributed by atoms with Crippen LogP contribution in [0.5, 0.6) is 0 Å². The van der Waals surface area contributed by atoms with Crippen molar-refractivity contribution in [2.45, 2.75) is 88.9 Å². The number of aliphatic carboxylic acids is 1. The van der Waals surface area contributed by atoms with E-state index in [0.717, 1.165) is 60.7 Å².